The summed E-state index contributed by atoms with van der Waals surface area (Å²) in [5, 5.41) is 7.72. The summed E-state index contributed by atoms with van der Waals surface area (Å²) in [5.41, 5.74) is 3.15. The average molecular weight is 241 g/mol. The lowest BCUT2D eigenvalue weighted by molar-refractivity contribution is 0.562. The minimum Gasteiger partial charge on any atom is -0.312 e. The number of hydrogen-bond acceptors (Lipinski definition) is 3. The molecule has 0 aliphatic carbocycles. The Labute approximate surface area is 105 Å². The molecule has 1 N–H and O–H groups in total. The molecule has 1 aromatic carbocycles. The van der Waals surface area contributed by atoms with Gasteiger partial charge in [0.25, 0.3) is 5.56 Å². The fourth-order valence-electron chi connectivity index (χ4n) is 2.23. The van der Waals surface area contributed by atoms with Gasteiger partial charge in [-0.3, -0.25) is 4.79 Å². The van der Waals surface area contributed by atoms with Crippen LogP contribution in [0.15, 0.2) is 41.2 Å². The van der Waals surface area contributed by atoms with Gasteiger partial charge in [-0.15, -0.1) is 0 Å². The molecule has 4 heteroatoms. The highest BCUT2D eigenvalue weighted by Gasteiger charge is 2.12. The molecule has 0 spiro atoms. The normalized spacial score (nSPS) is 14.2. The van der Waals surface area contributed by atoms with Crippen LogP contribution >= 0.6 is 0 Å². The number of benzene rings is 1. The van der Waals surface area contributed by atoms with Gasteiger partial charge in [0.05, 0.1) is 12.2 Å². The molecule has 1 aliphatic rings. The second kappa shape index (κ2) is 4.74. The van der Waals surface area contributed by atoms with E-state index < -0.39 is 0 Å². The molecule has 0 radical (unpaired) electrons. The summed E-state index contributed by atoms with van der Waals surface area (Å²) in [6, 6.07) is 11.6. The van der Waals surface area contributed by atoms with Gasteiger partial charge in [-0.25, -0.2) is 4.68 Å². The van der Waals surface area contributed by atoms with Crippen molar-refractivity contribution in [2.45, 2.75) is 19.5 Å². The first kappa shape index (κ1) is 11.2. The zero-order chi connectivity index (χ0) is 12.4. The zero-order valence-electron chi connectivity index (χ0n) is 10.1. The molecule has 4 nitrogen and oxygen atoms in total. The topological polar surface area (TPSA) is 46.9 Å². The maximum Gasteiger partial charge on any atom is 0.267 e. The quantitative estimate of drug-likeness (QED) is 0.851. The van der Waals surface area contributed by atoms with Crippen molar-refractivity contribution in [3.63, 3.8) is 0 Å². The summed E-state index contributed by atoms with van der Waals surface area (Å²) in [5.74, 6) is 0. The Balaban J connectivity index is 1.95. The third kappa shape index (κ3) is 2.19. The van der Waals surface area contributed by atoms with Crippen LogP contribution in [0.25, 0.3) is 0 Å². The van der Waals surface area contributed by atoms with Gasteiger partial charge in [-0.2, -0.15) is 5.10 Å². The lowest BCUT2D eigenvalue weighted by Gasteiger charge is -2.17. The van der Waals surface area contributed by atoms with Gasteiger partial charge in [-0.05, 0) is 11.1 Å². The van der Waals surface area contributed by atoms with Crippen LogP contribution in [0.2, 0.25) is 0 Å². The van der Waals surface area contributed by atoms with Crippen molar-refractivity contribution in [2.24, 2.45) is 0 Å². The Kier molecular flexibility index (Phi) is 2.94. The van der Waals surface area contributed by atoms with Gasteiger partial charge in [0, 0.05) is 25.6 Å². The van der Waals surface area contributed by atoms with Crippen LogP contribution in [0.3, 0.4) is 0 Å². The molecule has 0 saturated carbocycles. The Morgan fingerprint density at radius 1 is 1.28 bits per heavy atom. The first-order valence-corrected chi connectivity index (χ1v) is 6.17. The van der Waals surface area contributed by atoms with E-state index in [0.29, 0.717) is 6.54 Å². The van der Waals surface area contributed by atoms with Crippen molar-refractivity contribution in [3.8, 4) is 0 Å². The first-order valence-electron chi connectivity index (χ1n) is 6.17. The van der Waals surface area contributed by atoms with Gasteiger partial charge in [0.15, 0.2) is 0 Å². The fourth-order valence-corrected chi connectivity index (χ4v) is 2.23. The summed E-state index contributed by atoms with van der Waals surface area (Å²) in [4.78, 5) is 12.0. The summed E-state index contributed by atoms with van der Waals surface area (Å²) in [7, 11) is 0. The molecular formula is C14H15N3O. The number of rotatable bonds is 2. The van der Waals surface area contributed by atoms with Crippen LogP contribution < -0.4 is 10.9 Å². The predicted molar refractivity (Wildman–Crippen MR) is 69.5 cm³/mol. The van der Waals surface area contributed by atoms with Crippen molar-refractivity contribution in [2.75, 3.05) is 6.54 Å². The lowest BCUT2D eigenvalue weighted by atomic mass is 10.1. The standard InChI is InChI=1S/C14H15N3O/c18-14-8-12-9-15-7-6-13(12)16-17(14)10-11-4-2-1-3-5-11/h1-5,8,15H,6-7,9-10H2. The lowest BCUT2D eigenvalue weighted by Crippen LogP contribution is -2.31. The van der Waals surface area contributed by atoms with E-state index in [9.17, 15) is 4.79 Å². The van der Waals surface area contributed by atoms with Gasteiger partial charge in [0.1, 0.15) is 0 Å². The maximum absolute atomic E-state index is 12.0. The molecule has 92 valence electrons. The number of nitrogens with zero attached hydrogens (tertiary/aromatic N) is 2. The number of hydrogen-bond donors (Lipinski definition) is 1. The van der Waals surface area contributed by atoms with E-state index >= 15 is 0 Å². The highest BCUT2D eigenvalue weighted by atomic mass is 16.1. The van der Waals surface area contributed by atoms with Crippen molar-refractivity contribution >= 4 is 0 Å². The third-order valence-corrected chi connectivity index (χ3v) is 3.19. The van der Waals surface area contributed by atoms with E-state index in [-0.39, 0.29) is 5.56 Å². The van der Waals surface area contributed by atoms with Gasteiger partial charge in [-0.1, -0.05) is 30.3 Å². The number of nitrogens with one attached hydrogen (secondary N) is 1. The molecule has 0 amide bonds. The summed E-state index contributed by atoms with van der Waals surface area (Å²) in [6.45, 7) is 2.23. The molecule has 2 aromatic rings. The Morgan fingerprint density at radius 3 is 2.94 bits per heavy atom. The molecule has 0 fully saturated rings. The molecule has 0 unspecified atom stereocenters. The van der Waals surface area contributed by atoms with Gasteiger partial charge >= 0.3 is 0 Å². The third-order valence-electron chi connectivity index (χ3n) is 3.19. The van der Waals surface area contributed by atoms with E-state index in [0.717, 1.165) is 36.3 Å². The Hall–Kier alpha value is -1.94. The second-order valence-corrected chi connectivity index (χ2v) is 4.52. The first-order chi connectivity index (χ1) is 8.83. The van der Waals surface area contributed by atoms with Crippen LogP contribution in [-0.4, -0.2) is 16.3 Å². The van der Waals surface area contributed by atoms with E-state index in [2.05, 4.69) is 10.4 Å². The minimum absolute atomic E-state index is 0.0266. The Morgan fingerprint density at radius 2 is 2.11 bits per heavy atom. The SMILES string of the molecule is O=c1cc2c(nn1Cc1ccccc1)CCNC2. The molecule has 1 aromatic heterocycles. The minimum atomic E-state index is -0.0266. The van der Waals surface area contributed by atoms with Crippen LogP contribution in [0.4, 0.5) is 0 Å². The average Bonchev–Trinajstić information content (AvgIpc) is 2.41. The van der Waals surface area contributed by atoms with E-state index in [1.807, 2.05) is 30.3 Å². The molecule has 0 saturated heterocycles. The number of fused-ring (bicyclic) bond motifs is 1. The predicted octanol–water partition coefficient (Wildman–Crippen LogP) is 0.937. The summed E-state index contributed by atoms with van der Waals surface area (Å²) in [6.07, 6.45) is 0.893. The fraction of sp³-hybridized carbons (Fsp3) is 0.286. The monoisotopic (exact) mass is 241 g/mol. The van der Waals surface area contributed by atoms with Crippen molar-refractivity contribution in [1.29, 1.82) is 0 Å². The van der Waals surface area contributed by atoms with Crippen LogP contribution in [0.1, 0.15) is 16.8 Å². The van der Waals surface area contributed by atoms with E-state index in [4.69, 9.17) is 0 Å². The highest BCUT2D eigenvalue weighted by Crippen LogP contribution is 2.08. The maximum atomic E-state index is 12.0. The smallest absolute Gasteiger partial charge is 0.267 e. The highest BCUT2D eigenvalue weighted by molar-refractivity contribution is 5.21. The molecule has 18 heavy (non-hydrogen) atoms. The largest absolute Gasteiger partial charge is 0.312 e. The van der Waals surface area contributed by atoms with Crippen LogP contribution in [-0.2, 0) is 19.5 Å². The molecule has 0 bridgehead atoms. The summed E-state index contributed by atoms with van der Waals surface area (Å²) < 4.78 is 1.56. The molecule has 2 heterocycles. The van der Waals surface area contributed by atoms with E-state index in [1.165, 1.54) is 0 Å². The second-order valence-electron chi connectivity index (χ2n) is 4.52. The molecule has 0 atom stereocenters. The van der Waals surface area contributed by atoms with Crippen LogP contribution in [0.5, 0.6) is 0 Å². The van der Waals surface area contributed by atoms with Crippen molar-refractivity contribution in [1.82, 2.24) is 15.1 Å². The van der Waals surface area contributed by atoms with Crippen molar-refractivity contribution in [3.05, 3.63) is 63.6 Å². The molecule has 1 aliphatic heterocycles. The van der Waals surface area contributed by atoms with Crippen molar-refractivity contribution < 1.29 is 0 Å². The molecular weight excluding hydrogens is 226 g/mol. The zero-order valence-corrected chi connectivity index (χ0v) is 10.1. The molecule has 3 rings (SSSR count). The van der Waals surface area contributed by atoms with E-state index in [1.54, 1.807) is 10.7 Å². The van der Waals surface area contributed by atoms with Gasteiger partial charge in [0.2, 0.25) is 0 Å². The Bertz CT molecular complexity index is 604. The van der Waals surface area contributed by atoms with Gasteiger partial charge < -0.3 is 5.32 Å². The van der Waals surface area contributed by atoms with Crippen LogP contribution in [0, 0.1) is 0 Å². The summed E-state index contributed by atoms with van der Waals surface area (Å²) >= 11 is 0. The number of aromatic nitrogens is 2.